The van der Waals surface area contributed by atoms with Gasteiger partial charge in [-0.3, -0.25) is 9.36 Å². The van der Waals surface area contributed by atoms with Gasteiger partial charge in [-0.1, -0.05) is 90.1 Å². The van der Waals surface area contributed by atoms with Gasteiger partial charge in [0, 0.05) is 21.8 Å². The van der Waals surface area contributed by atoms with E-state index in [0.717, 1.165) is 22.0 Å². The zero-order valence-electron chi connectivity index (χ0n) is 17.0. The molecule has 1 aromatic heterocycles. The van der Waals surface area contributed by atoms with Crippen LogP contribution in [0.3, 0.4) is 0 Å². The van der Waals surface area contributed by atoms with Crippen molar-refractivity contribution in [2.45, 2.75) is 5.16 Å². The molecule has 32 heavy (non-hydrogen) atoms. The first kappa shape index (κ1) is 20.5. The van der Waals surface area contributed by atoms with Gasteiger partial charge in [0.25, 0.3) is 0 Å². The molecule has 156 valence electrons. The Morgan fingerprint density at radius 1 is 0.812 bits per heavy atom. The zero-order chi connectivity index (χ0) is 21.9. The molecule has 0 saturated carbocycles. The van der Waals surface area contributed by atoms with Gasteiger partial charge in [-0.25, -0.2) is 0 Å². The monoisotopic (exact) mass is 455 g/mol. The fraction of sp³-hybridized carbons (Fsp3) is 0.0385. The van der Waals surface area contributed by atoms with Crippen LogP contribution in [-0.2, 0) is 0 Å². The molecular weight excluding hydrogens is 438 g/mol. The maximum absolute atomic E-state index is 12.9. The Labute approximate surface area is 194 Å². The molecule has 1 heterocycles. The van der Waals surface area contributed by atoms with Gasteiger partial charge in [0.05, 0.1) is 5.75 Å². The van der Waals surface area contributed by atoms with E-state index >= 15 is 0 Å². The van der Waals surface area contributed by atoms with Gasteiger partial charge in [0.2, 0.25) is 0 Å². The molecule has 4 aromatic carbocycles. The third-order valence-corrected chi connectivity index (χ3v) is 6.33. The van der Waals surface area contributed by atoms with Crippen LogP contribution in [0.5, 0.6) is 0 Å². The van der Waals surface area contributed by atoms with Crippen molar-refractivity contribution in [3.8, 4) is 17.1 Å². The maximum Gasteiger partial charge on any atom is 0.196 e. The third-order valence-electron chi connectivity index (χ3n) is 5.15. The van der Waals surface area contributed by atoms with E-state index in [4.69, 9.17) is 11.6 Å². The summed E-state index contributed by atoms with van der Waals surface area (Å²) in [6.07, 6.45) is 0. The van der Waals surface area contributed by atoms with E-state index in [9.17, 15) is 4.79 Å². The van der Waals surface area contributed by atoms with Gasteiger partial charge in [0.15, 0.2) is 16.8 Å². The van der Waals surface area contributed by atoms with Gasteiger partial charge in [0.1, 0.15) is 0 Å². The summed E-state index contributed by atoms with van der Waals surface area (Å²) < 4.78 is 1.96. The number of aromatic nitrogens is 3. The molecule has 0 aliphatic heterocycles. The van der Waals surface area contributed by atoms with Gasteiger partial charge in [-0.15, -0.1) is 10.2 Å². The van der Waals surface area contributed by atoms with Gasteiger partial charge < -0.3 is 0 Å². The number of carbonyl (C=O) groups is 1. The smallest absolute Gasteiger partial charge is 0.196 e. The fourth-order valence-electron chi connectivity index (χ4n) is 3.54. The second-order valence-corrected chi connectivity index (χ2v) is 8.64. The number of Topliss-reactive ketones (excluding diaryl/α,β-unsaturated/α-hetero) is 1. The van der Waals surface area contributed by atoms with Gasteiger partial charge >= 0.3 is 0 Å². The number of thioether (sulfide) groups is 1. The average Bonchev–Trinajstić information content (AvgIpc) is 3.27. The molecule has 0 aliphatic carbocycles. The standard InChI is InChI=1S/C26H18ClN3OS/c27-22-12-14-23(15-13-22)30-25(19-7-2-1-3-8-19)28-29-26(30)32-17-24(31)21-11-10-18-6-4-5-9-20(18)16-21/h1-16H,17H2. The van der Waals surface area contributed by atoms with Crippen LogP contribution in [0.1, 0.15) is 10.4 Å². The molecule has 4 nitrogen and oxygen atoms in total. The second-order valence-electron chi connectivity index (χ2n) is 7.26. The summed E-state index contributed by atoms with van der Waals surface area (Å²) in [6.45, 7) is 0. The van der Waals surface area contributed by atoms with E-state index in [1.54, 1.807) is 0 Å². The summed E-state index contributed by atoms with van der Waals surface area (Å²) >= 11 is 7.47. The third kappa shape index (κ3) is 4.17. The Bertz CT molecular complexity index is 1400. The van der Waals surface area contributed by atoms with Crippen LogP contribution >= 0.6 is 23.4 Å². The van der Waals surface area contributed by atoms with Crippen LogP contribution in [0, 0.1) is 0 Å². The van der Waals surface area contributed by atoms with Crippen LogP contribution in [0.4, 0.5) is 0 Å². The molecule has 5 rings (SSSR count). The van der Waals surface area contributed by atoms with Crippen molar-refractivity contribution < 1.29 is 4.79 Å². The minimum atomic E-state index is 0.0488. The molecule has 0 bridgehead atoms. The number of benzene rings is 4. The molecule has 0 saturated heterocycles. The van der Waals surface area contributed by atoms with Crippen LogP contribution in [-0.4, -0.2) is 26.3 Å². The summed E-state index contributed by atoms with van der Waals surface area (Å²) in [5.41, 5.74) is 2.53. The van der Waals surface area contributed by atoms with Crippen LogP contribution < -0.4 is 0 Å². The van der Waals surface area contributed by atoms with Crippen LogP contribution in [0.25, 0.3) is 27.8 Å². The molecule has 0 aliphatic rings. The number of halogens is 1. The Balaban J connectivity index is 1.45. The minimum absolute atomic E-state index is 0.0488. The van der Waals surface area contributed by atoms with E-state index < -0.39 is 0 Å². The molecule has 0 amide bonds. The van der Waals surface area contributed by atoms with E-state index in [0.29, 0.717) is 21.6 Å². The lowest BCUT2D eigenvalue weighted by molar-refractivity contribution is 0.102. The lowest BCUT2D eigenvalue weighted by atomic mass is 10.1. The Morgan fingerprint density at radius 2 is 1.53 bits per heavy atom. The predicted molar refractivity (Wildman–Crippen MR) is 131 cm³/mol. The highest BCUT2D eigenvalue weighted by Crippen LogP contribution is 2.29. The number of ketones is 1. The van der Waals surface area contributed by atoms with Crippen molar-refractivity contribution in [2.75, 3.05) is 5.75 Å². The first-order chi connectivity index (χ1) is 15.7. The number of rotatable bonds is 6. The first-order valence-corrected chi connectivity index (χ1v) is 11.5. The van der Waals surface area contributed by atoms with Crippen molar-refractivity contribution in [1.82, 2.24) is 14.8 Å². The minimum Gasteiger partial charge on any atom is -0.293 e. The topological polar surface area (TPSA) is 47.8 Å². The Hall–Kier alpha value is -3.41. The summed E-state index contributed by atoms with van der Waals surface area (Å²) in [5.74, 6) is 1.03. The number of hydrogen-bond donors (Lipinski definition) is 0. The van der Waals surface area contributed by atoms with Crippen molar-refractivity contribution >= 4 is 39.9 Å². The highest BCUT2D eigenvalue weighted by molar-refractivity contribution is 7.99. The summed E-state index contributed by atoms with van der Waals surface area (Å²) in [4.78, 5) is 12.9. The fourth-order valence-corrected chi connectivity index (χ4v) is 4.51. The average molecular weight is 456 g/mol. The van der Waals surface area contributed by atoms with Crippen LogP contribution in [0.15, 0.2) is 102 Å². The molecule has 0 unspecified atom stereocenters. The molecule has 0 atom stereocenters. The van der Waals surface area contributed by atoms with Gasteiger partial charge in [-0.05, 0) is 41.1 Å². The van der Waals surface area contributed by atoms with Crippen molar-refractivity contribution in [3.63, 3.8) is 0 Å². The van der Waals surface area contributed by atoms with Crippen molar-refractivity contribution in [1.29, 1.82) is 0 Å². The van der Waals surface area contributed by atoms with Gasteiger partial charge in [-0.2, -0.15) is 0 Å². The molecular formula is C26H18ClN3OS. The summed E-state index contributed by atoms with van der Waals surface area (Å²) in [7, 11) is 0. The molecule has 0 N–H and O–H groups in total. The van der Waals surface area contributed by atoms with E-state index in [2.05, 4.69) is 10.2 Å². The summed E-state index contributed by atoms with van der Waals surface area (Å²) in [6, 6.07) is 31.2. The lowest BCUT2D eigenvalue weighted by Crippen LogP contribution is -2.05. The summed E-state index contributed by atoms with van der Waals surface area (Å²) in [5, 5.41) is 12.3. The van der Waals surface area contributed by atoms with E-state index in [1.165, 1.54) is 11.8 Å². The lowest BCUT2D eigenvalue weighted by Gasteiger charge is -2.10. The highest BCUT2D eigenvalue weighted by Gasteiger charge is 2.18. The Morgan fingerprint density at radius 3 is 2.31 bits per heavy atom. The maximum atomic E-state index is 12.9. The van der Waals surface area contributed by atoms with E-state index in [1.807, 2.05) is 102 Å². The molecule has 0 radical (unpaired) electrons. The number of fused-ring (bicyclic) bond motifs is 1. The SMILES string of the molecule is O=C(CSc1nnc(-c2ccccc2)n1-c1ccc(Cl)cc1)c1ccc2ccccc2c1. The predicted octanol–water partition coefficient (Wildman–Crippen LogP) is 6.72. The van der Waals surface area contributed by atoms with E-state index in [-0.39, 0.29) is 11.5 Å². The van der Waals surface area contributed by atoms with Crippen molar-refractivity contribution in [2.24, 2.45) is 0 Å². The quantitative estimate of drug-likeness (QED) is 0.211. The van der Waals surface area contributed by atoms with Crippen molar-refractivity contribution in [3.05, 3.63) is 108 Å². The Kier molecular flexibility index (Phi) is 5.75. The number of hydrogen-bond acceptors (Lipinski definition) is 4. The molecule has 0 spiro atoms. The first-order valence-electron chi connectivity index (χ1n) is 10.1. The molecule has 5 aromatic rings. The highest BCUT2D eigenvalue weighted by atomic mass is 35.5. The number of carbonyl (C=O) groups excluding carboxylic acids is 1. The molecule has 6 heteroatoms. The largest absolute Gasteiger partial charge is 0.293 e. The molecule has 0 fully saturated rings. The number of nitrogens with zero attached hydrogens (tertiary/aromatic N) is 3. The normalized spacial score (nSPS) is 11.0. The second kappa shape index (κ2) is 8.99. The van der Waals surface area contributed by atoms with Crippen LogP contribution in [0.2, 0.25) is 5.02 Å². The zero-order valence-corrected chi connectivity index (χ0v) is 18.6.